The van der Waals surface area contributed by atoms with Crippen molar-refractivity contribution in [2.45, 2.75) is 62.4 Å². The fourth-order valence-corrected chi connectivity index (χ4v) is 4.17. The highest BCUT2D eigenvalue weighted by Gasteiger charge is 2.51. The summed E-state index contributed by atoms with van der Waals surface area (Å²) in [7, 11) is 0. The molecule has 31 heavy (non-hydrogen) atoms. The first kappa shape index (κ1) is 24.6. The lowest BCUT2D eigenvalue weighted by Crippen LogP contribution is -2.65. The van der Waals surface area contributed by atoms with Crippen LogP contribution in [0.25, 0.3) is 0 Å². The Morgan fingerprint density at radius 3 is 2.06 bits per heavy atom. The normalized spacial score (nSPS) is 25.3. The lowest BCUT2D eigenvalue weighted by atomic mass is 9.97. The highest BCUT2D eigenvalue weighted by molar-refractivity contribution is 7.99. The molecule has 0 spiro atoms. The van der Waals surface area contributed by atoms with E-state index in [1.807, 2.05) is 0 Å². The quantitative estimate of drug-likeness (QED) is 0.481. The van der Waals surface area contributed by atoms with Crippen LogP contribution in [0.1, 0.15) is 27.7 Å². The zero-order valence-electron chi connectivity index (χ0n) is 17.5. The van der Waals surface area contributed by atoms with Crippen LogP contribution in [0.2, 0.25) is 0 Å². The topological polar surface area (TPSA) is 117 Å². The lowest BCUT2D eigenvalue weighted by molar-refractivity contribution is -0.211. The van der Waals surface area contributed by atoms with Crippen LogP contribution in [0.4, 0.5) is 4.39 Å². The molecule has 0 aliphatic carbocycles. The van der Waals surface area contributed by atoms with Gasteiger partial charge in [0.25, 0.3) is 0 Å². The van der Waals surface area contributed by atoms with Gasteiger partial charge < -0.3 is 24.3 Å². The van der Waals surface area contributed by atoms with Gasteiger partial charge in [-0.3, -0.25) is 19.2 Å². The fraction of sp³-hybridized carbons (Fsp3) is 0.500. The van der Waals surface area contributed by atoms with Crippen LogP contribution in [0.15, 0.2) is 29.2 Å². The number of amides is 1. The Kier molecular flexibility index (Phi) is 8.81. The van der Waals surface area contributed by atoms with Crippen molar-refractivity contribution in [2.24, 2.45) is 0 Å². The first-order chi connectivity index (χ1) is 14.6. The minimum absolute atomic E-state index is 0.279. The van der Waals surface area contributed by atoms with Crippen LogP contribution >= 0.6 is 11.8 Å². The summed E-state index contributed by atoms with van der Waals surface area (Å²) in [6, 6.07) is 4.65. The maximum Gasteiger partial charge on any atom is 0.303 e. The molecular formula is C20H24FNO8S. The molecule has 0 unspecified atom stereocenters. The molecule has 1 aliphatic heterocycles. The Morgan fingerprint density at radius 1 is 0.968 bits per heavy atom. The van der Waals surface area contributed by atoms with Crippen molar-refractivity contribution in [3.63, 3.8) is 0 Å². The minimum atomic E-state index is -1.15. The number of carbonyl (C=O) groups is 4. The second-order valence-electron chi connectivity index (χ2n) is 6.79. The number of carbonyl (C=O) groups excluding carboxylic acids is 4. The number of nitrogens with one attached hydrogen (secondary N) is 1. The van der Waals surface area contributed by atoms with Gasteiger partial charge in [0.2, 0.25) is 5.91 Å². The number of ether oxygens (including phenoxy) is 4. The molecule has 5 atom stereocenters. The highest BCUT2D eigenvalue weighted by atomic mass is 32.2. The highest BCUT2D eigenvalue weighted by Crippen LogP contribution is 2.36. The van der Waals surface area contributed by atoms with E-state index in [9.17, 15) is 23.6 Å². The molecule has 1 aliphatic rings. The van der Waals surface area contributed by atoms with Crippen molar-refractivity contribution >= 4 is 35.6 Å². The molecule has 170 valence electrons. The summed E-state index contributed by atoms with van der Waals surface area (Å²) in [4.78, 5) is 47.3. The number of hydrogen-bond donors (Lipinski definition) is 1. The van der Waals surface area contributed by atoms with Crippen LogP contribution < -0.4 is 5.32 Å². The van der Waals surface area contributed by atoms with Crippen molar-refractivity contribution in [1.29, 1.82) is 0 Å². The molecular weight excluding hydrogens is 433 g/mol. The zero-order chi connectivity index (χ0) is 23.1. The van der Waals surface area contributed by atoms with Gasteiger partial charge >= 0.3 is 17.9 Å². The molecule has 1 heterocycles. The molecule has 0 aromatic heterocycles. The summed E-state index contributed by atoms with van der Waals surface area (Å²) < 4.78 is 35.1. The molecule has 1 fully saturated rings. The molecule has 1 saturated heterocycles. The van der Waals surface area contributed by atoms with Gasteiger partial charge in [-0.25, -0.2) is 4.39 Å². The van der Waals surface area contributed by atoms with Crippen LogP contribution in [0.5, 0.6) is 0 Å². The smallest absolute Gasteiger partial charge is 0.303 e. The van der Waals surface area contributed by atoms with Crippen LogP contribution in [0, 0.1) is 5.82 Å². The van der Waals surface area contributed by atoms with Gasteiger partial charge in [0.1, 0.15) is 30.0 Å². The number of halogens is 1. The fourth-order valence-electron chi connectivity index (χ4n) is 3.04. The van der Waals surface area contributed by atoms with Gasteiger partial charge in [-0.2, -0.15) is 0 Å². The lowest BCUT2D eigenvalue weighted by Gasteiger charge is -2.45. The molecule has 0 radical (unpaired) electrons. The Labute approximate surface area is 182 Å². The third-order valence-corrected chi connectivity index (χ3v) is 5.32. The van der Waals surface area contributed by atoms with Crippen LogP contribution in [-0.2, 0) is 38.1 Å². The van der Waals surface area contributed by atoms with Gasteiger partial charge in [0, 0.05) is 32.6 Å². The number of rotatable bonds is 7. The van der Waals surface area contributed by atoms with E-state index < -0.39 is 59.4 Å². The second kappa shape index (κ2) is 11.1. The van der Waals surface area contributed by atoms with Crippen molar-refractivity contribution in [3.8, 4) is 0 Å². The maximum atomic E-state index is 13.3. The monoisotopic (exact) mass is 457 g/mol. The molecule has 1 aromatic carbocycles. The molecule has 0 saturated carbocycles. The average Bonchev–Trinajstić information content (AvgIpc) is 2.65. The first-order valence-corrected chi connectivity index (χ1v) is 10.3. The van der Waals surface area contributed by atoms with Gasteiger partial charge in [-0.05, 0) is 24.3 Å². The second-order valence-corrected chi connectivity index (χ2v) is 7.96. The molecule has 1 aromatic rings. The van der Waals surface area contributed by atoms with E-state index in [4.69, 9.17) is 18.9 Å². The third-order valence-electron chi connectivity index (χ3n) is 4.14. The van der Waals surface area contributed by atoms with Gasteiger partial charge in [-0.1, -0.05) is 11.8 Å². The number of benzene rings is 1. The third kappa shape index (κ3) is 7.51. The standard InChI is InChI=1S/C20H24FNO8S/c1-10(23)22-17-19(29-13(4)26)18(28-12(3)25)16(9-27-11(2)24)30-20(17)31-15-7-5-14(21)6-8-15/h5-8,16-20H,9H2,1-4H3,(H,22,23)/t16-,17+,18+,19-,20+/m1/s1. The SMILES string of the molecule is CC(=O)N[C@H]1[C@@H](OC(C)=O)[C@@H](OC(C)=O)[C@@H](COC(C)=O)O[C@H]1Sc1ccc(F)cc1. The number of hydrogen-bond acceptors (Lipinski definition) is 9. The summed E-state index contributed by atoms with van der Waals surface area (Å²) in [6.07, 6.45) is -3.26. The van der Waals surface area contributed by atoms with Crippen LogP contribution in [-0.4, -0.2) is 60.2 Å². The number of esters is 3. The molecule has 2 rings (SSSR count). The Hall–Kier alpha value is -2.66. The Morgan fingerprint density at radius 2 is 1.55 bits per heavy atom. The van der Waals surface area contributed by atoms with E-state index in [1.165, 1.54) is 52.0 Å². The van der Waals surface area contributed by atoms with E-state index in [0.717, 1.165) is 11.8 Å². The minimum Gasteiger partial charge on any atom is -0.463 e. The van der Waals surface area contributed by atoms with E-state index in [2.05, 4.69) is 5.32 Å². The predicted molar refractivity (Wildman–Crippen MR) is 106 cm³/mol. The van der Waals surface area contributed by atoms with E-state index >= 15 is 0 Å². The molecule has 0 bridgehead atoms. The predicted octanol–water partition coefficient (Wildman–Crippen LogP) is 1.57. The average molecular weight is 457 g/mol. The van der Waals surface area contributed by atoms with Crippen molar-refractivity contribution in [2.75, 3.05) is 6.61 Å². The summed E-state index contributed by atoms with van der Waals surface area (Å²) in [6.45, 7) is 4.54. The first-order valence-electron chi connectivity index (χ1n) is 9.39. The molecule has 11 heteroatoms. The zero-order valence-corrected chi connectivity index (χ0v) is 18.3. The summed E-state index contributed by atoms with van der Waals surface area (Å²) >= 11 is 1.14. The van der Waals surface area contributed by atoms with Crippen molar-refractivity contribution in [1.82, 2.24) is 5.32 Å². The number of thioether (sulfide) groups is 1. The molecule has 1 N–H and O–H groups in total. The van der Waals surface area contributed by atoms with Gasteiger partial charge in [-0.15, -0.1) is 0 Å². The van der Waals surface area contributed by atoms with Gasteiger partial charge in [0.15, 0.2) is 12.2 Å². The Balaban J connectivity index is 2.43. The van der Waals surface area contributed by atoms with Crippen molar-refractivity contribution in [3.05, 3.63) is 30.1 Å². The van der Waals surface area contributed by atoms with Crippen LogP contribution in [0.3, 0.4) is 0 Å². The van der Waals surface area contributed by atoms with E-state index in [-0.39, 0.29) is 6.61 Å². The summed E-state index contributed by atoms with van der Waals surface area (Å²) in [5, 5.41) is 2.67. The Bertz CT molecular complexity index is 818. The molecule has 9 nitrogen and oxygen atoms in total. The van der Waals surface area contributed by atoms with Crippen molar-refractivity contribution < 1.29 is 42.5 Å². The molecule has 1 amide bonds. The van der Waals surface area contributed by atoms with Gasteiger partial charge in [0.05, 0.1) is 0 Å². The van der Waals surface area contributed by atoms with E-state index in [0.29, 0.717) is 4.90 Å². The van der Waals surface area contributed by atoms with E-state index in [1.54, 1.807) is 0 Å². The summed E-state index contributed by atoms with van der Waals surface area (Å²) in [5.74, 6) is -2.79. The summed E-state index contributed by atoms with van der Waals surface area (Å²) in [5.41, 5.74) is -0.842. The maximum absolute atomic E-state index is 13.3. The largest absolute Gasteiger partial charge is 0.463 e.